The molecule has 2 aromatic rings. The number of carbonyl (C=O) groups excluding carboxylic acids is 1. The summed E-state index contributed by atoms with van der Waals surface area (Å²) in [6.45, 7) is 2.57. The fourth-order valence-electron chi connectivity index (χ4n) is 3.17. The van der Waals surface area contributed by atoms with Gasteiger partial charge in [-0.2, -0.15) is 0 Å². The number of carbonyl (C=O) groups is 1. The van der Waals surface area contributed by atoms with Crippen LogP contribution in [-0.2, 0) is 0 Å². The Kier molecular flexibility index (Phi) is 7.70. The van der Waals surface area contributed by atoms with Gasteiger partial charge < -0.3 is 10.2 Å². The molecular weight excluding hydrogens is 388 g/mol. The Morgan fingerprint density at radius 2 is 2.00 bits per heavy atom. The molecule has 0 atom stereocenters. The minimum Gasteiger partial charge on any atom is -0.337 e. The van der Waals surface area contributed by atoms with Crippen molar-refractivity contribution in [3.8, 4) is 10.6 Å². The average molecular weight is 411 g/mol. The molecule has 0 aliphatic carbocycles. The van der Waals surface area contributed by atoms with E-state index >= 15 is 0 Å². The number of nitro benzene ring substituents is 1. The minimum atomic E-state index is -0.430. The molecule has 1 saturated heterocycles. The number of likely N-dealkylation sites (tertiary alicyclic amines) is 1. The van der Waals surface area contributed by atoms with Crippen molar-refractivity contribution in [3.63, 3.8) is 0 Å². The molecule has 1 fully saturated rings. The minimum absolute atomic E-state index is 0. The van der Waals surface area contributed by atoms with E-state index in [0.29, 0.717) is 16.6 Å². The summed E-state index contributed by atoms with van der Waals surface area (Å²) >= 11 is 1.38. The van der Waals surface area contributed by atoms with Crippen LogP contribution in [0.15, 0.2) is 29.6 Å². The largest absolute Gasteiger partial charge is 0.337 e. The van der Waals surface area contributed by atoms with E-state index in [4.69, 9.17) is 0 Å². The van der Waals surface area contributed by atoms with Gasteiger partial charge in [-0.15, -0.1) is 23.7 Å². The van der Waals surface area contributed by atoms with Crippen LogP contribution in [0.25, 0.3) is 10.6 Å². The van der Waals surface area contributed by atoms with Gasteiger partial charge in [0.2, 0.25) is 0 Å². The van der Waals surface area contributed by atoms with Crippen molar-refractivity contribution >= 4 is 35.3 Å². The molecule has 1 aromatic heterocycles. The van der Waals surface area contributed by atoms with Gasteiger partial charge in [-0.1, -0.05) is 0 Å². The number of thiazole rings is 1. The lowest BCUT2D eigenvalue weighted by molar-refractivity contribution is -0.384. The molecular formula is C18H23ClN4O3S. The fourth-order valence-corrected chi connectivity index (χ4v) is 3.97. The van der Waals surface area contributed by atoms with Crippen molar-refractivity contribution in [2.24, 2.45) is 5.92 Å². The summed E-state index contributed by atoms with van der Waals surface area (Å²) in [5.41, 5.74) is 1.28. The number of hydrogen-bond donors (Lipinski definition) is 1. The lowest BCUT2D eigenvalue weighted by atomic mass is 9.93. The molecule has 3 rings (SSSR count). The van der Waals surface area contributed by atoms with Gasteiger partial charge in [0.15, 0.2) is 0 Å². The molecule has 0 bridgehead atoms. The summed E-state index contributed by atoms with van der Waals surface area (Å²) in [5, 5.41) is 16.4. The van der Waals surface area contributed by atoms with Gasteiger partial charge in [-0.25, -0.2) is 4.98 Å². The number of hydrogen-bond acceptors (Lipinski definition) is 6. The zero-order chi connectivity index (χ0) is 18.5. The summed E-state index contributed by atoms with van der Waals surface area (Å²) in [7, 11) is 1.96. The van der Waals surface area contributed by atoms with Gasteiger partial charge in [-0.05, 0) is 50.9 Å². The monoisotopic (exact) mass is 410 g/mol. The second-order valence-electron chi connectivity index (χ2n) is 6.47. The van der Waals surface area contributed by atoms with Crippen LogP contribution in [0.5, 0.6) is 0 Å². The topological polar surface area (TPSA) is 88.4 Å². The highest BCUT2D eigenvalue weighted by Gasteiger charge is 2.25. The fraction of sp³-hybridized carbons (Fsp3) is 0.444. The molecule has 1 N–H and O–H groups in total. The first-order valence-corrected chi connectivity index (χ1v) is 9.60. The molecule has 0 saturated carbocycles. The molecule has 0 unspecified atom stereocenters. The predicted molar refractivity (Wildman–Crippen MR) is 109 cm³/mol. The third kappa shape index (κ3) is 5.24. The van der Waals surface area contributed by atoms with Crippen molar-refractivity contribution in [1.29, 1.82) is 0 Å². The van der Waals surface area contributed by atoms with Crippen LogP contribution in [0.3, 0.4) is 0 Å². The first-order chi connectivity index (χ1) is 12.6. The van der Waals surface area contributed by atoms with Crippen LogP contribution in [-0.4, -0.2) is 47.4 Å². The van der Waals surface area contributed by atoms with E-state index in [-0.39, 0.29) is 24.0 Å². The summed E-state index contributed by atoms with van der Waals surface area (Å²) < 4.78 is 0. The first-order valence-electron chi connectivity index (χ1n) is 8.72. The number of halogens is 1. The van der Waals surface area contributed by atoms with Gasteiger partial charge in [0, 0.05) is 36.2 Å². The third-order valence-corrected chi connectivity index (χ3v) is 5.64. The predicted octanol–water partition coefficient (Wildman–Crippen LogP) is 3.60. The highest BCUT2D eigenvalue weighted by atomic mass is 35.5. The standard InChI is InChI=1S/C18H22N4O3S.ClH/c1-19-9-6-13-7-10-21(11-8-13)18(23)16-12-26-17(20-16)14-2-4-15(5-3-14)22(24)25;/h2-5,12-13,19H,6-11H2,1H3;1H. The SMILES string of the molecule is CNCCC1CCN(C(=O)c2csc(-c3ccc([N+](=O)[O-])cc3)n2)CC1.Cl. The summed E-state index contributed by atoms with van der Waals surface area (Å²) in [6.07, 6.45) is 3.22. The first kappa shape index (κ1) is 21.3. The zero-order valence-corrected chi connectivity index (χ0v) is 16.7. The molecule has 1 amide bonds. The molecule has 9 heteroatoms. The Bertz CT molecular complexity index is 773. The number of non-ortho nitro benzene ring substituents is 1. The van der Waals surface area contributed by atoms with Crippen LogP contribution in [0.4, 0.5) is 5.69 Å². The highest BCUT2D eigenvalue weighted by molar-refractivity contribution is 7.13. The number of aromatic nitrogens is 1. The maximum absolute atomic E-state index is 12.7. The van der Waals surface area contributed by atoms with Gasteiger partial charge in [0.1, 0.15) is 10.7 Å². The van der Waals surface area contributed by atoms with Gasteiger partial charge in [0.25, 0.3) is 11.6 Å². The van der Waals surface area contributed by atoms with Crippen LogP contribution >= 0.6 is 23.7 Å². The van der Waals surface area contributed by atoms with E-state index in [9.17, 15) is 14.9 Å². The van der Waals surface area contributed by atoms with Crippen LogP contribution in [0.2, 0.25) is 0 Å². The molecule has 0 radical (unpaired) electrons. The Morgan fingerprint density at radius 3 is 2.59 bits per heavy atom. The summed E-state index contributed by atoms with van der Waals surface area (Å²) in [4.78, 5) is 29.3. The van der Waals surface area contributed by atoms with E-state index in [1.54, 1.807) is 17.5 Å². The molecule has 27 heavy (non-hydrogen) atoms. The van der Waals surface area contributed by atoms with Crippen LogP contribution < -0.4 is 5.32 Å². The zero-order valence-electron chi connectivity index (χ0n) is 15.1. The number of nitrogens with one attached hydrogen (secondary N) is 1. The smallest absolute Gasteiger partial charge is 0.273 e. The van der Waals surface area contributed by atoms with Crippen LogP contribution in [0, 0.1) is 16.0 Å². The third-order valence-electron chi connectivity index (χ3n) is 4.75. The van der Waals surface area contributed by atoms with Gasteiger partial charge >= 0.3 is 0 Å². The second kappa shape index (κ2) is 9.77. The maximum Gasteiger partial charge on any atom is 0.273 e. The number of piperidine rings is 1. The molecule has 1 aliphatic rings. The van der Waals surface area contributed by atoms with Crippen LogP contribution in [0.1, 0.15) is 29.8 Å². The molecule has 0 spiro atoms. The number of amides is 1. The molecule has 1 aliphatic heterocycles. The van der Waals surface area contributed by atoms with Gasteiger partial charge in [-0.3, -0.25) is 14.9 Å². The number of nitrogens with zero attached hydrogens (tertiary/aromatic N) is 3. The van der Waals surface area contributed by atoms with E-state index in [1.165, 1.54) is 23.5 Å². The molecule has 7 nitrogen and oxygen atoms in total. The van der Waals surface area contributed by atoms with Crippen molar-refractivity contribution in [3.05, 3.63) is 45.5 Å². The highest BCUT2D eigenvalue weighted by Crippen LogP contribution is 2.27. The number of rotatable bonds is 6. The summed E-state index contributed by atoms with van der Waals surface area (Å²) in [6, 6.07) is 6.24. The van der Waals surface area contributed by atoms with E-state index in [1.807, 2.05) is 11.9 Å². The average Bonchev–Trinajstić information content (AvgIpc) is 3.16. The Balaban J connectivity index is 0.00000261. The normalized spacial score (nSPS) is 14.6. The van der Waals surface area contributed by atoms with Crippen molar-refractivity contribution in [2.75, 3.05) is 26.7 Å². The summed E-state index contributed by atoms with van der Waals surface area (Å²) in [5.74, 6) is 0.652. The Hall–Kier alpha value is -2.03. The number of benzene rings is 1. The molecule has 2 heterocycles. The lowest BCUT2D eigenvalue weighted by Gasteiger charge is -2.31. The second-order valence-corrected chi connectivity index (χ2v) is 7.33. The van der Waals surface area contributed by atoms with Crippen molar-refractivity contribution in [1.82, 2.24) is 15.2 Å². The van der Waals surface area contributed by atoms with Crippen molar-refractivity contribution < 1.29 is 9.72 Å². The van der Waals surface area contributed by atoms with E-state index in [0.717, 1.165) is 44.5 Å². The van der Waals surface area contributed by atoms with Crippen molar-refractivity contribution in [2.45, 2.75) is 19.3 Å². The lowest BCUT2D eigenvalue weighted by Crippen LogP contribution is -2.39. The Morgan fingerprint density at radius 1 is 1.33 bits per heavy atom. The quantitative estimate of drug-likeness (QED) is 0.580. The number of nitro groups is 1. The van der Waals surface area contributed by atoms with E-state index < -0.39 is 4.92 Å². The molecule has 1 aromatic carbocycles. The van der Waals surface area contributed by atoms with E-state index in [2.05, 4.69) is 10.3 Å². The van der Waals surface area contributed by atoms with Gasteiger partial charge in [0.05, 0.1) is 4.92 Å². The molecule has 146 valence electrons. The maximum atomic E-state index is 12.7. The Labute approximate surface area is 168 Å².